The molecule has 0 fully saturated rings. The summed E-state index contributed by atoms with van der Waals surface area (Å²) in [6, 6.07) is 2.37. The lowest BCUT2D eigenvalue weighted by Gasteiger charge is -2.35. The molecule has 2 rings (SSSR count). The second kappa shape index (κ2) is 3.29. The van der Waals surface area contributed by atoms with E-state index in [1.807, 2.05) is 11.8 Å². The molecule has 1 aliphatic rings. The van der Waals surface area contributed by atoms with Crippen molar-refractivity contribution in [3.8, 4) is 0 Å². The first kappa shape index (κ1) is 12.0. The van der Waals surface area contributed by atoms with Crippen molar-refractivity contribution in [2.45, 2.75) is 63.5 Å². The summed E-state index contributed by atoms with van der Waals surface area (Å²) in [6.07, 6.45) is 0. The van der Waals surface area contributed by atoms with Crippen molar-refractivity contribution in [3.63, 3.8) is 0 Å². The van der Waals surface area contributed by atoms with Gasteiger partial charge in [0.2, 0.25) is 0 Å². The normalized spacial score (nSPS) is 20.9. The molecule has 0 radical (unpaired) electrons. The lowest BCUT2D eigenvalue weighted by Crippen LogP contribution is -2.36. The number of aryl methyl sites for hydroxylation is 1. The summed E-state index contributed by atoms with van der Waals surface area (Å²) in [6.45, 7) is 16.2. The van der Waals surface area contributed by atoms with E-state index in [0.29, 0.717) is 4.75 Å². The maximum Gasteiger partial charge on any atom is 0.0242 e. The van der Waals surface area contributed by atoms with Crippen LogP contribution in [0.5, 0.6) is 0 Å². The van der Waals surface area contributed by atoms with Crippen molar-refractivity contribution < 1.29 is 0 Å². The van der Waals surface area contributed by atoms with E-state index in [0.717, 1.165) is 0 Å². The van der Waals surface area contributed by atoms with Crippen LogP contribution in [0.25, 0.3) is 0 Å². The first-order valence-corrected chi connectivity index (χ1v) is 6.80. The van der Waals surface area contributed by atoms with Crippen LogP contribution in [-0.2, 0) is 5.41 Å². The Labute approximate surface area is 104 Å². The van der Waals surface area contributed by atoms with Crippen molar-refractivity contribution in [1.82, 2.24) is 0 Å². The van der Waals surface area contributed by atoms with Crippen molar-refractivity contribution in [2.24, 2.45) is 0 Å². The van der Waals surface area contributed by atoms with Gasteiger partial charge in [0.1, 0.15) is 0 Å². The van der Waals surface area contributed by atoms with Crippen LogP contribution in [0.4, 0.5) is 0 Å². The van der Waals surface area contributed by atoms with Gasteiger partial charge in [0.15, 0.2) is 0 Å². The monoisotopic (exact) mass is 234 g/mol. The quantitative estimate of drug-likeness (QED) is 0.623. The van der Waals surface area contributed by atoms with Crippen molar-refractivity contribution in [2.75, 3.05) is 0 Å². The fourth-order valence-corrected chi connectivity index (χ4v) is 4.26. The zero-order chi connectivity index (χ0) is 12.3. The highest BCUT2D eigenvalue weighted by molar-refractivity contribution is 8.01. The van der Waals surface area contributed by atoms with Gasteiger partial charge >= 0.3 is 0 Å². The van der Waals surface area contributed by atoms with Crippen LogP contribution in [0, 0.1) is 20.8 Å². The fraction of sp³-hybridized carbons (Fsp3) is 0.600. The van der Waals surface area contributed by atoms with Crippen LogP contribution >= 0.6 is 11.8 Å². The Balaban J connectivity index is 2.76. The lowest BCUT2D eigenvalue weighted by atomic mass is 9.72. The Morgan fingerprint density at radius 3 is 2.06 bits per heavy atom. The average Bonchev–Trinajstić information content (AvgIpc) is 2.29. The highest BCUT2D eigenvalue weighted by Crippen LogP contribution is 2.57. The molecule has 0 nitrogen and oxygen atoms in total. The molecule has 0 bridgehead atoms. The molecule has 0 aliphatic carbocycles. The Kier molecular flexibility index (Phi) is 2.47. The van der Waals surface area contributed by atoms with E-state index in [2.05, 4.69) is 54.5 Å². The summed E-state index contributed by atoms with van der Waals surface area (Å²) >= 11 is 2.04. The van der Waals surface area contributed by atoms with Crippen molar-refractivity contribution >= 4 is 11.8 Å². The van der Waals surface area contributed by atoms with Gasteiger partial charge in [0, 0.05) is 15.1 Å². The standard InChI is InChI=1S/C15H22S/c1-9-8-12-13(11(3)10(9)2)14(4,5)15(6,7)16-12/h8H,1-7H3. The minimum atomic E-state index is 0.259. The summed E-state index contributed by atoms with van der Waals surface area (Å²) < 4.78 is 0.292. The molecule has 1 heteroatoms. The predicted molar refractivity (Wildman–Crippen MR) is 73.6 cm³/mol. The Morgan fingerprint density at radius 2 is 1.50 bits per heavy atom. The molecule has 0 saturated carbocycles. The SMILES string of the molecule is Cc1cc2c(c(C)c1C)C(C)(C)C(C)(C)S2. The summed E-state index contributed by atoms with van der Waals surface area (Å²) in [5, 5.41) is 0. The highest BCUT2D eigenvalue weighted by atomic mass is 32.2. The topological polar surface area (TPSA) is 0 Å². The molecule has 16 heavy (non-hydrogen) atoms. The third-order valence-corrected chi connectivity index (χ3v) is 6.18. The van der Waals surface area contributed by atoms with Crippen LogP contribution in [0.1, 0.15) is 49.9 Å². The molecule has 1 heterocycles. The van der Waals surface area contributed by atoms with E-state index in [4.69, 9.17) is 0 Å². The Hall–Kier alpha value is -0.430. The minimum absolute atomic E-state index is 0.259. The van der Waals surface area contributed by atoms with E-state index < -0.39 is 0 Å². The number of benzene rings is 1. The van der Waals surface area contributed by atoms with E-state index in [9.17, 15) is 0 Å². The van der Waals surface area contributed by atoms with Gasteiger partial charge < -0.3 is 0 Å². The van der Waals surface area contributed by atoms with Crippen LogP contribution in [0.15, 0.2) is 11.0 Å². The molecule has 0 spiro atoms. The van der Waals surface area contributed by atoms with Gasteiger partial charge in [-0.1, -0.05) is 13.8 Å². The number of rotatable bonds is 0. The Bertz CT molecular complexity index is 453. The van der Waals surface area contributed by atoms with Crippen LogP contribution in [0.3, 0.4) is 0 Å². The number of fused-ring (bicyclic) bond motifs is 1. The third kappa shape index (κ3) is 1.37. The molecule has 0 saturated heterocycles. The summed E-state index contributed by atoms with van der Waals surface area (Å²) in [5.74, 6) is 0. The molecule has 88 valence electrons. The molecule has 0 amide bonds. The Morgan fingerprint density at radius 1 is 0.938 bits per heavy atom. The maximum absolute atomic E-state index is 2.38. The summed E-state index contributed by atoms with van der Waals surface area (Å²) in [7, 11) is 0. The minimum Gasteiger partial charge on any atom is -0.119 e. The maximum atomic E-state index is 2.38. The van der Waals surface area contributed by atoms with E-state index in [1.165, 1.54) is 21.6 Å². The van der Waals surface area contributed by atoms with E-state index >= 15 is 0 Å². The first-order valence-electron chi connectivity index (χ1n) is 5.99. The van der Waals surface area contributed by atoms with E-state index in [1.54, 1.807) is 5.56 Å². The van der Waals surface area contributed by atoms with Gasteiger partial charge in [-0.15, -0.1) is 11.8 Å². The van der Waals surface area contributed by atoms with Crippen molar-refractivity contribution in [3.05, 3.63) is 28.3 Å². The molecule has 1 aromatic rings. The summed E-state index contributed by atoms with van der Waals surface area (Å²) in [4.78, 5) is 1.50. The van der Waals surface area contributed by atoms with Crippen LogP contribution < -0.4 is 0 Å². The number of thioether (sulfide) groups is 1. The molecule has 1 aliphatic heterocycles. The second-order valence-corrected chi connectivity index (χ2v) is 7.72. The predicted octanol–water partition coefficient (Wildman–Crippen LogP) is 4.77. The van der Waals surface area contributed by atoms with Gasteiger partial charge in [-0.05, 0) is 62.9 Å². The molecule has 0 aromatic heterocycles. The highest BCUT2D eigenvalue weighted by Gasteiger charge is 2.47. The molecular formula is C15H22S. The average molecular weight is 234 g/mol. The number of hydrogen-bond donors (Lipinski definition) is 0. The lowest BCUT2D eigenvalue weighted by molar-refractivity contribution is 0.419. The largest absolute Gasteiger partial charge is 0.119 e. The van der Waals surface area contributed by atoms with Gasteiger partial charge in [0.25, 0.3) is 0 Å². The van der Waals surface area contributed by atoms with Gasteiger partial charge in [0.05, 0.1) is 0 Å². The zero-order valence-electron chi connectivity index (χ0n) is 11.5. The molecule has 0 N–H and O–H groups in total. The van der Waals surface area contributed by atoms with E-state index in [-0.39, 0.29) is 5.41 Å². The number of hydrogen-bond acceptors (Lipinski definition) is 1. The smallest absolute Gasteiger partial charge is 0.0242 e. The molecule has 0 unspecified atom stereocenters. The van der Waals surface area contributed by atoms with Gasteiger partial charge in [-0.2, -0.15) is 0 Å². The van der Waals surface area contributed by atoms with Crippen LogP contribution in [0.2, 0.25) is 0 Å². The van der Waals surface area contributed by atoms with Gasteiger partial charge in [-0.3, -0.25) is 0 Å². The third-order valence-electron chi connectivity index (χ3n) is 4.62. The molecule has 0 atom stereocenters. The molecular weight excluding hydrogens is 212 g/mol. The first-order chi connectivity index (χ1) is 7.18. The summed E-state index contributed by atoms with van der Waals surface area (Å²) in [5.41, 5.74) is 6.22. The zero-order valence-corrected chi connectivity index (χ0v) is 12.3. The molecule has 1 aromatic carbocycles. The second-order valence-electron chi connectivity index (χ2n) is 6.05. The van der Waals surface area contributed by atoms with Crippen molar-refractivity contribution in [1.29, 1.82) is 0 Å². The van der Waals surface area contributed by atoms with Gasteiger partial charge in [-0.25, -0.2) is 0 Å². The fourth-order valence-electron chi connectivity index (χ4n) is 2.61. The van der Waals surface area contributed by atoms with Crippen LogP contribution in [-0.4, -0.2) is 4.75 Å².